The number of benzene rings is 1. The summed E-state index contributed by atoms with van der Waals surface area (Å²) in [4.78, 5) is 0. The SMILES string of the molecule is CCNC(c1cccc2c1OCC2)C1CCCC1(C)C. The van der Waals surface area contributed by atoms with Crippen LogP contribution in [0.3, 0.4) is 0 Å². The smallest absolute Gasteiger partial charge is 0.127 e. The topological polar surface area (TPSA) is 21.3 Å². The first-order valence-corrected chi connectivity index (χ1v) is 8.11. The maximum absolute atomic E-state index is 5.94. The van der Waals surface area contributed by atoms with Gasteiger partial charge in [-0.15, -0.1) is 0 Å². The van der Waals surface area contributed by atoms with Gasteiger partial charge in [-0.1, -0.05) is 45.4 Å². The van der Waals surface area contributed by atoms with Crippen molar-refractivity contribution in [2.24, 2.45) is 11.3 Å². The number of ether oxygens (including phenoxy) is 1. The van der Waals surface area contributed by atoms with Gasteiger partial charge in [0, 0.05) is 18.0 Å². The van der Waals surface area contributed by atoms with Crippen molar-refractivity contribution in [3.63, 3.8) is 0 Å². The van der Waals surface area contributed by atoms with Gasteiger partial charge in [-0.2, -0.15) is 0 Å². The Labute approximate surface area is 122 Å². The number of nitrogens with one attached hydrogen (secondary N) is 1. The molecule has 0 bridgehead atoms. The van der Waals surface area contributed by atoms with Crippen molar-refractivity contribution < 1.29 is 4.74 Å². The van der Waals surface area contributed by atoms with Crippen LogP contribution in [0.15, 0.2) is 18.2 Å². The third-order valence-electron chi connectivity index (χ3n) is 5.25. The van der Waals surface area contributed by atoms with E-state index in [-0.39, 0.29) is 0 Å². The van der Waals surface area contributed by atoms with Crippen molar-refractivity contribution in [1.29, 1.82) is 0 Å². The number of rotatable bonds is 4. The Morgan fingerprint density at radius 1 is 1.40 bits per heavy atom. The molecule has 2 nitrogen and oxygen atoms in total. The highest BCUT2D eigenvalue weighted by molar-refractivity contribution is 5.46. The predicted molar refractivity (Wildman–Crippen MR) is 83.2 cm³/mol. The molecule has 2 heteroatoms. The maximum Gasteiger partial charge on any atom is 0.127 e. The lowest BCUT2D eigenvalue weighted by Gasteiger charge is -2.35. The summed E-state index contributed by atoms with van der Waals surface area (Å²) >= 11 is 0. The summed E-state index contributed by atoms with van der Waals surface area (Å²) in [6.45, 7) is 8.93. The van der Waals surface area contributed by atoms with Crippen LogP contribution in [0.2, 0.25) is 0 Å². The molecule has 20 heavy (non-hydrogen) atoms. The van der Waals surface area contributed by atoms with E-state index in [2.05, 4.69) is 44.3 Å². The van der Waals surface area contributed by atoms with Crippen LogP contribution in [-0.2, 0) is 6.42 Å². The fraction of sp³-hybridized carbons (Fsp3) is 0.667. The third-order valence-corrected chi connectivity index (χ3v) is 5.25. The van der Waals surface area contributed by atoms with E-state index >= 15 is 0 Å². The highest BCUT2D eigenvalue weighted by Gasteiger charge is 2.41. The summed E-state index contributed by atoms with van der Waals surface area (Å²) in [6.07, 6.45) is 5.09. The summed E-state index contributed by atoms with van der Waals surface area (Å²) < 4.78 is 5.94. The number of hydrogen-bond acceptors (Lipinski definition) is 2. The molecule has 2 aliphatic rings. The molecule has 1 saturated carbocycles. The van der Waals surface area contributed by atoms with Crippen LogP contribution in [0, 0.1) is 11.3 Å². The highest BCUT2D eigenvalue weighted by Crippen LogP contribution is 2.50. The molecule has 1 aliphatic heterocycles. The lowest BCUT2D eigenvalue weighted by Crippen LogP contribution is -2.34. The van der Waals surface area contributed by atoms with E-state index in [4.69, 9.17) is 4.74 Å². The summed E-state index contributed by atoms with van der Waals surface area (Å²) in [6, 6.07) is 7.13. The first-order valence-electron chi connectivity index (χ1n) is 8.11. The van der Waals surface area contributed by atoms with Crippen LogP contribution in [0.25, 0.3) is 0 Å². The Balaban J connectivity index is 1.97. The summed E-state index contributed by atoms with van der Waals surface area (Å²) in [7, 11) is 0. The first-order chi connectivity index (χ1) is 9.63. The van der Waals surface area contributed by atoms with Crippen molar-refractivity contribution >= 4 is 0 Å². The maximum atomic E-state index is 5.94. The van der Waals surface area contributed by atoms with Gasteiger partial charge in [-0.3, -0.25) is 0 Å². The van der Waals surface area contributed by atoms with Gasteiger partial charge in [-0.25, -0.2) is 0 Å². The van der Waals surface area contributed by atoms with E-state index in [0.717, 1.165) is 19.6 Å². The minimum atomic E-state index is 0.425. The number of hydrogen-bond donors (Lipinski definition) is 1. The van der Waals surface area contributed by atoms with E-state index in [9.17, 15) is 0 Å². The average molecular weight is 273 g/mol. The Hall–Kier alpha value is -1.02. The largest absolute Gasteiger partial charge is 0.493 e. The van der Waals surface area contributed by atoms with E-state index < -0.39 is 0 Å². The van der Waals surface area contributed by atoms with Gasteiger partial charge in [0.25, 0.3) is 0 Å². The first kappa shape index (κ1) is 13.9. The predicted octanol–water partition coefficient (Wildman–Crippen LogP) is 4.10. The normalized spacial score (nSPS) is 25.2. The van der Waals surface area contributed by atoms with Crippen LogP contribution in [0.4, 0.5) is 0 Å². The molecule has 3 rings (SSSR count). The summed E-state index contributed by atoms with van der Waals surface area (Å²) in [5.74, 6) is 1.87. The van der Waals surface area contributed by atoms with Gasteiger partial charge >= 0.3 is 0 Å². The fourth-order valence-electron chi connectivity index (χ4n) is 4.15. The van der Waals surface area contributed by atoms with E-state index in [0.29, 0.717) is 17.4 Å². The van der Waals surface area contributed by atoms with Crippen molar-refractivity contribution in [3.05, 3.63) is 29.3 Å². The Bertz CT molecular complexity index is 480. The third kappa shape index (κ3) is 2.35. The van der Waals surface area contributed by atoms with Crippen LogP contribution < -0.4 is 10.1 Å². The van der Waals surface area contributed by atoms with Crippen molar-refractivity contribution in [3.8, 4) is 5.75 Å². The molecular formula is C18H27NO. The summed E-state index contributed by atoms with van der Waals surface area (Å²) in [5.41, 5.74) is 3.21. The highest BCUT2D eigenvalue weighted by atomic mass is 16.5. The molecule has 1 heterocycles. The minimum Gasteiger partial charge on any atom is -0.493 e. The molecule has 2 unspecified atom stereocenters. The quantitative estimate of drug-likeness (QED) is 0.892. The zero-order valence-corrected chi connectivity index (χ0v) is 13.0. The second-order valence-corrected chi connectivity index (χ2v) is 6.96. The molecule has 1 fully saturated rings. The molecule has 2 atom stereocenters. The van der Waals surface area contributed by atoms with E-state index in [1.54, 1.807) is 0 Å². The molecule has 1 N–H and O–H groups in total. The van der Waals surface area contributed by atoms with Crippen molar-refractivity contribution in [2.75, 3.05) is 13.2 Å². The molecule has 1 aliphatic carbocycles. The van der Waals surface area contributed by atoms with E-state index in [1.807, 2.05) is 0 Å². The summed E-state index contributed by atoms with van der Waals surface area (Å²) in [5, 5.41) is 3.75. The number of fused-ring (bicyclic) bond motifs is 1. The Morgan fingerprint density at radius 3 is 2.95 bits per heavy atom. The van der Waals surface area contributed by atoms with Gasteiger partial charge in [0.15, 0.2) is 0 Å². The second-order valence-electron chi connectivity index (χ2n) is 6.96. The van der Waals surface area contributed by atoms with Crippen LogP contribution in [0.1, 0.15) is 57.2 Å². The molecule has 0 aromatic heterocycles. The van der Waals surface area contributed by atoms with Crippen molar-refractivity contribution in [1.82, 2.24) is 5.32 Å². The molecule has 110 valence electrons. The minimum absolute atomic E-state index is 0.425. The fourth-order valence-corrected chi connectivity index (χ4v) is 4.15. The molecule has 1 aromatic carbocycles. The Kier molecular flexibility index (Phi) is 3.76. The molecule has 0 amide bonds. The second kappa shape index (κ2) is 5.40. The van der Waals surface area contributed by atoms with Crippen LogP contribution >= 0.6 is 0 Å². The molecule has 0 saturated heterocycles. The van der Waals surface area contributed by atoms with Gasteiger partial charge in [-0.05, 0) is 36.3 Å². The molecular weight excluding hydrogens is 246 g/mol. The zero-order valence-electron chi connectivity index (χ0n) is 13.0. The number of para-hydroxylation sites is 1. The monoisotopic (exact) mass is 273 g/mol. The van der Waals surface area contributed by atoms with Gasteiger partial charge in [0.05, 0.1) is 6.61 Å². The zero-order chi connectivity index (χ0) is 14.2. The lowest BCUT2D eigenvalue weighted by atomic mass is 9.75. The standard InChI is InChI=1S/C18H27NO/c1-4-19-16(15-9-6-11-18(15,2)3)14-8-5-7-13-10-12-20-17(13)14/h5,7-8,15-16,19H,4,6,9-12H2,1-3H3. The van der Waals surface area contributed by atoms with Crippen molar-refractivity contribution in [2.45, 2.75) is 52.5 Å². The lowest BCUT2D eigenvalue weighted by molar-refractivity contribution is 0.196. The van der Waals surface area contributed by atoms with E-state index in [1.165, 1.54) is 36.1 Å². The molecule has 0 spiro atoms. The van der Waals surface area contributed by atoms with Gasteiger partial charge in [0.1, 0.15) is 5.75 Å². The molecule has 1 aromatic rings. The molecule has 0 radical (unpaired) electrons. The Morgan fingerprint density at radius 2 is 2.25 bits per heavy atom. The average Bonchev–Trinajstić information content (AvgIpc) is 3.01. The van der Waals surface area contributed by atoms with Gasteiger partial charge < -0.3 is 10.1 Å². The van der Waals surface area contributed by atoms with Crippen LogP contribution in [0.5, 0.6) is 5.75 Å². The van der Waals surface area contributed by atoms with Gasteiger partial charge in [0.2, 0.25) is 0 Å². The van der Waals surface area contributed by atoms with Crippen LogP contribution in [-0.4, -0.2) is 13.2 Å².